The standard InChI is InChI=1S/C17H15N7O3/c1-17(11-4-6-12(7-5-11)24-10-19-21-22-24)15(26)23(16(27)20-17)9-14(25)13-3-2-8-18-13/h2-8,10,18H,9H2,1H3,(H,20,27). The number of ketones is 1. The molecule has 3 heterocycles. The molecule has 1 fully saturated rings. The minimum atomic E-state index is -1.26. The van der Waals surface area contributed by atoms with E-state index in [1.807, 2.05) is 0 Å². The molecule has 0 saturated carbocycles. The first-order valence-electron chi connectivity index (χ1n) is 8.13. The van der Waals surface area contributed by atoms with Gasteiger partial charge in [-0.2, -0.15) is 0 Å². The number of aromatic amines is 1. The van der Waals surface area contributed by atoms with E-state index in [0.29, 0.717) is 16.9 Å². The summed E-state index contributed by atoms with van der Waals surface area (Å²) < 4.78 is 1.47. The van der Waals surface area contributed by atoms with Crippen molar-refractivity contribution in [2.24, 2.45) is 0 Å². The first kappa shape index (κ1) is 16.6. The fourth-order valence-corrected chi connectivity index (χ4v) is 3.00. The van der Waals surface area contributed by atoms with Gasteiger partial charge in [-0.05, 0) is 47.2 Å². The van der Waals surface area contributed by atoms with Crippen LogP contribution in [0.2, 0.25) is 0 Å². The molecule has 27 heavy (non-hydrogen) atoms. The summed E-state index contributed by atoms with van der Waals surface area (Å²) in [7, 11) is 0. The monoisotopic (exact) mass is 365 g/mol. The van der Waals surface area contributed by atoms with Crippen LogP contribution in [0.4, 0.5) is 4.79 Å². The molecule has 4 rings (SSSR count). The van der Waals surface area contributed by atoms with Gasteiger partial charge in [0.25, 0.3) is 5.91 Å². The zero-order valence-electron chi connectivity index (χ0n) is 14.3. The third-order valence-corrected chi connectivity index (χ3v) is 4.53. The van der Waals surface area contributed by atoms with Gasteiger partial charge in [0.2, 0.25) is 0 Å². The fraction of sp³-hybridized carbons (Fsp3) is 0.176. The molecule has 2 N–H and O–H groups in total. The van der Waals surface area contributed by atoms with E-state index in [1.54, 1.807) is 49.5 Å². The zero-order chi connectivity index (χ0) is 19.0. The lowest BCUT2D eigenvalue weighted by Gasteiger charge is -2.22. The largest absolute Gasteiger partial charge is 0.359 e. The predicted octanol–water partition coefficient (Wildman–Crippen LogP) is 0.640. The van der Waals surface area contributed by atoms with Gasteiger partial charge in [-0.1, -0.05) is 12.1 Å². The van der Waals surface area contributed by atoms with Crippen LogP contribution in [-0.4, -0.2) is 54.4 Å². The SMILES string of the molecule is CC1(c2ccc(-n3cnnn3)cc2)NC(=O)N(CC(=O)c2ccc[nH]2)C1=O. The maximum Gasteiger partial charge on any atom is 0.325 e. The van der Waals surface area contributed by atoms with E-state index in [4.69, 9.17) is 0 Å². The molecule has 3 amide bonds. The molecule has 1 aliphatic rings. The Morgan fingerprint density at radius 2 is 1.96 bits per heavy atom. The minimum Gasteiger partial charge on any atom is -0.359 e. The maximum atomic E-state index is 12.9. The van der Waals surface area contributed by atoms with Crippen LogP contribution in [0, 0.1) is 0 Å². The van der Waals surface area contributed by atoms with Crippen molar-refractivity contribution >= 4 is 17.7 Å². The quantitative estimate of drug-likeness (QED) is 0.505. The van der Waals surface area contributed by atoms with Crippen molar-refractivity contribution in [2.45, 2.75) is 12.5 Å². The van der Waals surface area contributed by atoms with Crippen LogP contribution < -0.4 is 5.32 Å². The van der Waals surface area contributed by atoms with Crippen molar-refractivity contribution in [1.29, 1.82) is 0 Å². The number of carbonyl (C=O) groups excluding carboxylic acids is 3. The summed E-state index contributed by atoms with van der Waals surface area (Å²) in [5, 5.41) is 13.6. The predicted molar refractivity (Wildman–Crippen MR) is 91.9 cm³/mol. The van der Waals surface area contributed by atoms with E-state index in [-0.39, 0.29) is 12.3 Å². The van der Waals surface area contributed by atoms with E-state index in [1.165, 1.54) is 11.0 Å². The Labute approximate surface area is 153 Å². The molecule has 10 nitrogen and oxygen atoms in total. The highest BCUT2D eigenvalue weighted by atomic mass is 16.2. The number of hydrogen-bond acceptors (Lipinski definition) is 6. The van der Waals surface area contributed by atoms with Crippen LogP contribution in [0.5, 0.6) is 0 Å². The molecule has 10 heteroatoms. The van der Waals surface area contributed by atoms with Gasteiger partial charge in [0.05, 0.1) is 17.9 Å². The van der Waals surface area contributed by atoms with E-state index in [0.717, 1.165) is 4.90 Å². The van der Waals surface area contributed by atoms with Gasteiger partial charge in [0.15, 0.2) is 5.78 Å². The molecule has 1 atom stereocenters. The lowest BCUT2D eigenvalue weighted by molar-refractivity contribution is -0.130. The molecule has 0 radical (unpaired) electrons. The number of rotatable bonds is 5. The van der Waals surface area contributed by atoms with Gasteiger partial charge in [-0.25, -0.2) is 9.48 Å². The highest BCUT2D eigenvalue weighted by Gasteiger charge is 2.49. The molecule has 1 saturated heterocycles. The van der Waals surface area contributed by atoms with Gasteiger partial charge in [0, 0.05) is 6.20 Å². The average molecular weight is 365 g/mol. The van der Waals surface area contributed by atoms with Gasteiger partial charge in [-0.3, -0.25) is 14.5 Å². The molecule has 1 aromatic carbocycles. The summed E-state index contributed by atoms with van der Waals surface area (Å²) in [6.07, 6.45) is 3.06. The Balaban J connectivity index is 1.57. The summed E-state index contributed by atoms with van der Waals surface area (Å²) in [6, 6.07) is 9.57. The third kappa shape index (κ3) is 2.76. The topological polar surface area (TPSA) is 126 Å². The Morgan fingerprint density at radius 3 is 2.59 bits per heavy atom. The average Bonchev–Trinajstić information content (AvgIpc) is 3.41. The Bertz CT molecular complexity index is 996. The van der Waals surface area contributed by atoms with Crippen LogP contribution in [0.3, 0.4) is 0 Å². The molecular weight excluding hydrogens is 350 g/mol. The van der Waals surface area contributed by atoms with Crippen molar-refractivity contribution in [3.05, 3.63) is 60.2 Å². The van der Waals surface area contributed by atoms with Crippen LogP contribution in [0.1, 0.15) is 23.0 Å². The first-order chi connectivity index (χ1) is 13.0. The molecule has 0 spiro atoms. The summed E-state index contributed by atoms with van der Waals surface area (Å²) in [5.41, 5.74) is 0.386. The van der Waals surface area contributed by atoms with Crippen molar-refractivity contribution in [2.75, 3.05) is 6.54 Å². The number of aromatic nitrogens is 5. The molecule has 1 aliphatic heterocycles. The van der Waals surface area contributed by atoms with E-state index >= 15 is 0 Å². The fourth-order valence-electron chi connectivity index (χ4n) is 3.00. The van der Waals surface area contributed by atoms with Crippen molar-refractivity contribution in [1.82, 2.24) is 35.4 Å². The van der Waals surface area contributed by atoms with Crippen LogP contribution in [-0.2, 0) is 10.3 Å². The number of H-pyrrole nitrogens is 1. The number of benzene rings is 1. The number of hydrogen-bond donors (Lipinski definition) is 2. The maximum absolute atomic E-state index is 12.9. The molecule has 0 bridgehead atoms. The number of tetrazole rings is 1. The third-order valence-electron chi connectivity index (χ3n) is 4.53. The van der Waals surface area contributed by atoms with Crippen LogP contribution in [0.25, 0.3) is 5.69 Å². The number of Topliss-reactive ketones (excluding diaryl/α,β-unsaturated/α-hetero) is 1. The number of nitrogens with one attached hydrogen (secondary N) is 2. The smallest absolute Gasteiger partial charge is 0.325 e. The number of amides is 3. The lowest BCUT2D eigenvalue weighted by Crippen LogP contribution is -2.41. The minimum absolute atomic E-state index is 0.330. The second-order valence-corrected chi connectivity index (χ2v) is 6.25. The lowest BCUT2D eigenvalue weighted by atomic mass is 9.92. The molecule has 0 aliphatic carbocycles. The summed E-state index contributed by atoms with van der Waals surface area (Å²) in [6.45, 7) is 1.28. The molecule has 2 aromatic heterocycles. The number of carbonyl (C=O) groups is 3. The molecular formula is C17H15N7O3. The van der Waals surface area contributed by atoms with Crippen molar-refractivity contribution in [3.8, 4) is 5.69 Å². The van der Waals surface area contributed by atoms with E-state index < -0.39 is 17.5 Å². The number of urea groups is 1. The second-order valence-electron chi connectivity index (χ2n) is 6.25. The van der Waals surface area contributed by atoms with Gasteiger partial charge in [0.1, 0.15) is 11.9 Å². The Kier molecular flexibility index (Phi) is 3.80. The van der Waals surface area contributed by atoms with E-state index in [2.05, 4.69) is 25.8 Å². The molecule has 3 aromatic rings. The normalized spacial score (nSPS) is 19.4. The highest BCUT2D eigenvalue weighted by Crippen LogP contribution is 2.29. The van der Waals surface area contributed by atoms with Gasteiger partial charge in [-0.15, -0.1) is 5.10 Å². The Morgan fingerprint density at radius 1 is 1.19 bits per heavy atom. The zero-order valence-corrected chi connectivity index (χ0v) is 14.3. The second kappa shape index (κ2) is 6.16. The summed E-state index contributed by atoms with van der Waals surface area (Å²) in [4.78, 5) is 41.2. The number of nitrogens with zero attached hydrogens (tertiary/aromatic N) is 5. The summed E-state index contributed by atoms with van der Waals surface area (Å²) >= 11 is 0. The van der Waals surface area contributed by atoms with Crippen LogP contribution in [0.15, 0.2) is 48.9 Å². The van der Waals surface area contributed by atoms with Crippen LogP contribution >= 0.6 is 0 Å². The first-order valence-corrected chi connectivity index (χ1v) is 8.13. The molecule has 136 valence electrons. The van der Waals surface area contributed by atoms with Gasteiger partial charge >= 0.3 is 6.03 Å². The number of imide groups is 1. The van der Waals surface area contributed by atoms with Crippen molar-refractivity contribution in [3.63, 3.8) is 0 Å². The van der Waals surface area contributed by atoms with E-state index in [9.17, 15) is 14.4 Å². The highest BCUT2D eigenvalue weighted by molar-refractivity contribution is 6.10. The Hall–Kier alpha value is -3.82. The van der Waals surface area contributed by atoms with Gasteiger partial charge < -0.3 is 10.3 Å². The van der Waals surface area contributed by atoms with Crippen molar-refractivity contribution < 1.29 is 14.4 Å². The summed E-state index contributed by atoms with van der Waals surface area (Å²) in [5.74, 6) is -0.829. The molecule has 1 unspecified atom stereocenters.